The van der Waals surface area contributed by atoms with E-state index in [2.05, 4.69) is 10.3 Å². The van der Waals surface area contributed by atoms with E-state index in [9.17, 15) is 14.0 Å². The highest BCUT2D eigenvalue weighted by Crippen LogP contribution is 2.45. The van der Waals surface area contributed by atoms with Gasteiger partial charge in [-0.15, -0.1) is 0 Å². The topological polar surface area (TPSA) is 71.0 Å². The molecule has 1 N–H and O–H groups in total. The van der Waals surface area contributed by atoms with Gasteiger partial charge in [-0.2, -0.15) is 0 Å². The van der Waals surface area contributed by atoms with E-state index >= 15 is 0 Å². The molecular formula is C22H26FN3O3S. The highest BCUT2D eigenvalue weighted by Gasteiger charge is 2.41. The second kappa shape index (κ2) is 9.47. The van der Waals surface area contributed by atoms with Crippen LogP contribution in [0, 0.1) is 5.82 Å². The number of methoxy groups -OCH3 is 1. The molecule has 1 amide bonds. The van der Waals surface area contributed by atoms with Gasteiger partial charge in [-0.25, -0.2) is 14.2 Å². The maximum Gasteiger partial charge on any atom is 0.338 e. The van der Waals surface area contributed by atoms with Gasteiger partial charge in [-0.1, -0.05) is 37.7 Å². The van der Waals surface area contributed by atoms with E-state index in [0.29, 0.717) is 22.9 Å². The van der Waals surface area contributed by atoms with E-state index < -0.39 is 12.0 Å². The summed E-state index contributed by atoms with van der Waals surface area (Å²) in [4.78, 5) is 31.8. The Morgan fingerprint density at radius 3 is 2.60 bits per heavy atom. The Hall–Kier alpha value is -2.61. The molecule has 0 aliphatic carbocycles. The third-order valence-electron chi connectivity index (χ3n) is 5.18. The Labute approximate surface area is 180 Å². The van der Waals surface area contributed by atoms with Crippen molar-refractivity contribution in [2.24, 2.45) is 4.99 Å². The molecule has 0 aromatic heterocycles. The molecule has 2 aliphatic rings. The largest absolute Gasteiger partial charge is 0.466 e. The third kappa shape index (κ3) is 4.43. The van der Waals surface area contributed by atoms with Crippen LogP contribution < -0.4 is 5.32 Å². The molecule has 0 fully saturated rings. The summed E-state index contributed by atoms with van der Waals surface area (Å²) in [6.07, 6.45) is 1.54. The predicted molar refractivity (Wildman–Crippen MR) is 116 cm³/mol. The van der Waals surface area contributed by atoms with Crippen LogP contribution in [0.1, 0.15) is 51.6 Å². The van der Waals surface area contributed by atoms with Gasteiger partial charge in [0.15, 0.2) is 5.17 Å². The van der Waals surface area contributed by atoms with Gasteiger partial charge in [0.05, 0.1) is 30.8 Å². The molecule has 160 valence electrons. The fourth-order valence-corrected chi connectivity index (χ4v) is 4.40. The first-order valence-electron chi connectivity index (χ1n) is 9.99. The molecule has 1 aromatic carbocycles. The van der Waals surface area contributed by atoms with Crippen LogP contribution in [0.15, 0.2) is 51.6 Å². The molecule has 30 heavy (non-hydrogen) atoms. The number of aliphatic imine (C=N–C) groups is 1. The zero-order valence-corrected chi connectivity index (χ0v) is 18.4. The number of amidine groups is 1. The lowest BCUT2D eigenvalue weighted by atomic mass is 9.93. The molecule has 1 aromatic rings. The number of carbonyl (C=O) groups is 2. The monoisotopic (exact) mass is 431 g/mol. The molecule has 2 unspecified atom stereocenters. The predicted octanol–water partition coefficient (Wildman–Crippen LogP) is 4.27. The number of rotatable bonds is 7. The molecule has 0 saturated heterocycles. The molecule has 0 bridgehead atoms. The molecule has 6 nitrogen and oxygen atoms in total. The van der Waals surface area contributed by atoms with E-state index in [1.807, 2.05) is 31.1 Å². The van der Waals surface area contributed by atoms with Crippen molar-refractivity contribution in [3.63, 3.8) is 0 Å². The average molecular weight is 432 g/mol. The Kier molecular flexibility index (Phi) is 6.97. The first-order chi connectivity index (χ1) is 14.4. The summed E-state index contributed by atoms with van der Waals surface area (Å²) < 4.78 is 18.6. The molecule has 2 atom stereocenters. The number of thioether (sulfide) groups is 1. The van der Waals surface area contributed by atoms with Gasteiger partial charge in [0.1, 0.15) is 5.82 Å². The first-order valence-corrected chi connectivity index (χ1v) is 10.9. The molecule has 0 radical (unpaired) electrons. The minimum Gasteiger partial charge on any atom is -0.466 e. The third-order valence-corrected chi connectivity index (χ3v) is 6.07. The zero-order chi connectivity index (χ0) is 21.8. The number of nitrogens with one attached hydrogen (secondary N) is 1. The molecule has 2 aliphatic heterocycles. The second-order valence-corrected chi connectivity index (χ2v) is 8.04. The van der Waals surface area contributed by atoms with Gasteiger partial charge in [0, 0.05) is 11.7 Å². The standard InChI is InChI=1S/C22H26FN3O3S/c1-5-13(3)24-18(27)11-16-12-30-22-25-17(6-2)19(21(28)29-4)20(26(16)22)14-7-9-15(23)10-8-14/h7-10,12-13,20H,5-6,11H2,1-4H3,(H,24,27). The maximum absolute atomic E-state index is 13.6. The minimum atomic E-state index is -0.543. The van der Waals surface area contributed by atoms with Crippen LogP contribution in [0.3, 0.4) is 0 Å². The van der Waals surface area contributed by atoms with Crippen molar-refractivity contribution in [1.29, 1.82) is 0 Å². The fraction of sp³-hybridized carbons (Fsp3) is 0.409. The minimum absolute atomic E-state index is 0.0757. The van der Waals surface area contributed by atoms with Crippen molar-refractivity contribution < 1.29 is 18.7 Å². The summed E-state index contributed by atoms with van der Waals surface area (Å²) in [6, 6.07) is 5.57. The molecule has 0 spiro atoms. The van der Waals surface area contributed by atoms with Crippen LogP contribution in [0.25, 0.3) is 0 Å². The van der Waals surface area contributed by atoms with Crippen molar-refractivity contribution in [2.45, 2.75) is 52.1 Å². The van der Waals surface area contributed by atoms with E-state index in [4.69, 9.17) is 4.74 Å². The summed E-state index contributed by atoms with van der Waals surface area (Å²) in [7, 11) is 1.33. The number of carbonyl (C=O) groups excluding carboxylic acids is 2. The van der Waals surface area contributed by atoms with Crippen LogP contribution in [-0.4, -0.2) is 35.1 Å². The Bertz CT molecular complexity index is 924. The van der Waals surface area contributed by atoms with Crippen LogP contribution in [-0.2, 0) is 14.3 Å². The molecule has 3 rings (SSSR count). The number of esters is 1. The number of halogens is 1. The molecule has 2 heterocycles. The van der Waals surface area contributed by atoms with Crippen LogP contribution >= 0.6 is 11.8 Å². The number of ether oxygens (including phenoxy) is 1. The SMILES string of the molecule is CCC1=C(C(=O)OC)C(c2ccc(F)cc2)N2C(CC(=O)NC(C)CC)=CSC2=N1. The van der Waals surface area contributed by atoms with Gasteiger partial charge in [0.2, 0.25) is 5.91 Å². The lowest BCUT2D eigenvalue weighted by molar-refractivity contribution is -0.136. The number of hydrogen-bond donors (Lipinski definition) is 1. The summed E-state index contributed by atoms with van der Waals surface area (Å²) in [5.41, 5.74) is 2.51. The van der Waals surface area contributed by atoms with Crippen molar-refractivity contribution >= 4 is 28.8 Å². The van der Waals surface area contributed by atoms with Gasteiger partial charge >= 0.3 is 5.97 Å². The quantitative estimate of drug-likeness (QED) is 0.653. The Balaban J connectivity index is 2.02. The zero-order valence-electron chi connectivity index (χ0n) is 17.6. The average Bonchev–Trinajstić information content (AvgIpc) is 3.14. The highest BCUT2D eigenvalue weighted by molar-refractivity contribution is 8.16. The van der Waals surface area contributed by atoms with Crippen molar-refractivity contribution in [3.8, 4) is 0 Å². The van der Waals surface area contributed by atoms with Gasteiger partial charge < -0.3 is 15.0 Å². The number of benzene rings is 1. The first kappa shape index (κ1) is 22.1. The Morgan fingerprint density at radius 1 is 1.30 bits per heavy atom. The molecule has 8 heteroatoms. The fourth-order valence-electron chi connectivity index (χ4n) is 3.47. The van der Waals surface area contributed by atoms with E-state index in [0.717, 1.165) is 17.7 Å². The highest BCUT2D eigenvalue weighted by atomic mass is 32.2. The molecular weight excluding hydrogens is 405 g/mol. The van der Waals surface area contributed by atoms with Crippen molar-refractivity contribution in [1.82, 2.24) is 10.2 Å². The van der Waals surface area contributed by atoms with Gasteiger partial charge in [-0.05, 0) is 42.9 Å². The summed E-state index contributed by atoms with van der Waals surface area (Å²) in [5.74, 6) is -0.938. The number of amides is 1. The van der Waals surface area contributed by atoms with Gasteiger partial charge in [0.25, 0.3) is 0 Å². The van der Waals surface area contributed by atoms with Gasteiger partial charge in [-0.3, -0.25) is 4.79 Å². The van der Waals surface area contributed by atoms with E-state index in [1.165, 1.54) is 31.0 Å². The maximum atomic E-state index is 13.6. The van der Waals surface area contributed by atoms with Crippen LogP contribution in [0.4, 0.5) is 4.39 Å². The Morgan fingerprint density at radius 2 is 2.00 bits per heavy atom. The number of hydrogen-bond acceptors (Lipinski definition) is 6. The normalized spacial score (nSPS) is 19.1. The lowest BCUT2D eigenvalue weighted by Gasteiger charge is -2.36. The van der Waals surface area contributed by atoms with Crippen LogP contribution in [0.5, 0.6) is 0 Å². The second-order valence-electron chi connectivity index (χ2n) is 7.20. The number of allylic oxidation sites excluding steroid dienone is 1. The molecule has 0 saturated carbocycles. The summed E-state index contributed by atoms with van der Waals surface area (Å²) in [6.45, 7) is 5.89. The summed E-state index contributed by atoms with van der Waals surface area (Å²) in [5, 5.41) is 5.55. The van der Waals surface area contributed by atoms with Crippen LogP contribution in [0.2, 0.25) is 0 Å². The smallest absolute Gasteiger partial charge is 0.338 e. The number of fused-ring (bicyclic) bond motifs is 1. The number of nitrogens with zero attached hydrogens (tertiary/aromatic N) is 2. The van der Waals surface area contributed by atoms with E-state index in [1.54, 1.807) is 12.1 Å². The van der Waals surface area contributed by atoms with Crippen molar-refractivity contribution in [2.75, 3.05) is 7.11 Å². The van der Waals surface area contributed by atoms with Crippen molar-refractivity contribution in [3.05, 3.63) is 58.0 Å². The lowest BCUT2D eigenvalue weighted by Crippen LogP contribution is -2.39. The van der Waals surface area contributed by atoms with E-state index in [-0.39, 0.29) is 24.2 Å². The summed E-state index contributed by atoms with van der Waals surface area (Å²) >= 11 is 1.42.